The maximum atomic E-state index is 13.1. The normalized spacial score (nSPS) is 16.9. The Morgan fingerprint density at radius 3 is 2.36 bits per heavy atom. The summed E-state index contributed by atoms with van der Waals surface area (Å²) in [5.74, 6) is 0.212. The van der Waals surface area contributed by atoms with Gasteiger partial charge in [0, 0.05) is 63.4 Å². The van der Waals surface area contributed by atoms with Crippen LogP contribution in [0.1, 0.15) is 77.0 Å². The average molecular weight is 541 g/mol. The summed E-state index contributed by atoms with van der Waals surface area (Å²) >= 11 is 0. The summed E-state index contributed by atoms with van der Waals surface area (Å²) in [6.07, 6.45) is 18.6. The number of nitrogens with two attached hydrogens (primary N) is 1. The lowest BCUT2D eigenvalue weighted by Crippen LogP contribution is -2.47. The molecule has 2 heterocycles. The molecule has 0 aromatic carbocycles. The lowest BCUT2D eigenvalue weighted by atomic mass is 9.96. The minimum Gasteiger partial charge on any atom is -0.379 e. The lowest BCUT2D eigenvalue weighted by Gasteiger charge is -2.30. The van der Waals surface area contributed by atoms with E-state index in [0.717, 1.165) is 109 Å². The van der Waals surface area contributed by atoms with Crippen molar-refractivity contribution in [3.63, 3.8) is 0 Å². The van der Waals surface area contributed by atoms with Crippen molar-refractivity contribution >= 4 is 17.7 Å². The van der Waals surface area contributed by atoms with Gasteiger partial charge in [-0.25, -0.2) is 4.79 Å². The molecule has 1 saturated carbocycles. The van der Waals surface area contributed by atoms with Crippen LogP contribution in [0.3, 0.4) is 0 Å². The Labute approximate surface area is 234 Å². The quantitative estimate of drug-likeness (QED) is 0.149. The van der Waals surface area contributed by atoms with Gasteiger partial charge < -0.3 is 25.6 Å². The summed E-state index contributed by atoms with van der Waals surface area (Å²) < 4.78 is 5.46. The largest absolute Gasteiger partial charge is 0.379 e. The molecule has 1 aliphatic heterocycles. The van der Waals surface area contributed by atoms with Crippen LogP contribution < -0.4 is 16.0 Å². The summed E-state index contributed by atoms with van der Waals surface area (Å²) in [5, 5.41) is 12.2. The Morgan fingerprint density at radius 1 is 1.03 bits per heavy atom. The molecular weight excluding hydrogens is 492 g/mol. The molecular formula is C29H48N8O2. The number of carbonyl (C=O) groups excluding carboxylic acids is 1. The standard InChI is InChI=1S/C29H48N8O2/c30-25-33-28(31)37(27-13-15-32-16-14-27)20-9-4-2-1-3-8-18-36(19-10-17-35-21-23-39-24-22-35)29(38)34-26-11-6-5-7-12-26/h13-16,26H,1-12,17-24H2,(H2,31,33)(H,34,38). The number of unbranched alkanes of at least 4 members (excludes halogenated alkanes) is 5. The number of ether oxygens (including phenoxy) is 1. The smallest absolute Gasteiger partial charge is 0.317 e. The van der Waals surface area contributed by atoms with Crippen molar-refractivity contribution in [2.75, 3.05) is 57.4 Å². The Bertz CT molecular complexity index is 879. The Balaban J connectivity index is 1.35. The van der Waals surface area contributed by atoms with Gasteiger partial charge in [-0.3, -0.25) is 9.88 Å². The summed E-state index contributed by atoms with van der Waals surface area (Å²) in [6, 6.07) is 4.21. The molecule has 1 aromatic rings. The van der Waals surface area contributed by atoms with E-state index in [9.17, 15) is 4.79 Å². The van der Waals surface area contributed by atoms with Crippen molar-refractivity contribution in [2.24, 2.45) is 10.7 Å². The van der Waals surface area contributed by atoms with Crippen LogP contribution in [0.15, 0.2) is 29.5 Å². The second-order valence-electron chi connectivity index (χ2n) is 10.6. The number of nitrogens with one attached hydrogen (secondary N) is 1. The van der Waals surface area contributed by atoms with Crippen molar-refractivity contribution in [3.8, 4) is 6.19 Å². The number of aliphatic imine (C=N–C) groups is 1. The van der Waals surface area contributed by atoms with E-state index in [0.29, 0.717) is 12.6 Å². The number of anilines is 1. The number of rotatable bonds is 15. The molecule has 2 amide bonds. The molecule has 39 heavy (non-hydrogen) atoms. The highest BCUT2D eigenvalue weighted by molar-refractivity contribution is 5.95. The highest BCUT2D eigenvalue weighted by Crippen LogP contribution is 2.18. The molecule has 0 atom stereocenters. The number of aromatic nitrogens is 1. The number of pyridine rings is 1. The van der Waals surface area contributed by atoms with Gasteiger partial charge in [-0.05, 0) is 44.2 Å². The molecule has 3 N–H and O–H groups in total. The SMILES string of the molecule is N#CN=C(N)N(CCCCCCCCN(CCCN1CCOCC1)C(=O)NC1CCCCC1)c1ccncc1. The first kappa shape index (κ1) is 30.6. The van der Waals surface area contributed by atoms with Gasteiger partial charge >= 0.3 is 6.03 Å². The Morgan fingerprint density at radius 2 is 1.67 bits per heavy atom. The van der Waals surface area contributed by atoms with Gasteiger partial charge in [-0.15, -0.1) is 4.99 Å². The fourth-order valence-corrected chi connectivity index (χ4v) is 5.43. The van der Waals surface area contributed by atoms with E-state index in [1.54, 1.807) is 18.6 Å². The fourth-order valence-electron chi connectivity index (χ4n) is 5.43. The van der Waals surface area contributed by atoms with E-state index in [4.69, 9.17) is 15.7 Å². The predicted octanol–water partition coefficient (Wildman–Crippen LogP) is 4.09. The van der Waals surface area contributed by atoms with E-state index in [-0.39, 0.29) is 12.0 Å². The van der Waals surface area contributed by atoms with Crippen LogP contribution in [0, 0.1) is 11.5 Å². The Kier molecular flexibility index (Phi) is 14.5. The molecule has 1 aromatic heterocycles. The molecule has 10 nitrogen and oxygen atoms in total. The third-order valence-corrected chi connectivity index (χ3v) is 7.70. The minimum absolute atomic E-state index is 0.122. The Hall–Kier alpha value is -2.90. The van der Waals surface area contributed by atoms with Gasteiger partial charge in [-0.1, -0.05) is 44.9 Å². The predicted molar refractivity (Wildman–Crippen MR) is 155 cm³/mol. The summed E-state index contributed by atoms with van der Waals surface area (Å²) in [7, 11) is 0. The van der Waals surface area contributed by atoms with Gasteiger partial charge in [0.15, 0.2) is 0 Å². The van der Waals surface area contributed by atoms with Crippen LogP contribution >= 0.6 is 0 Å². The molecule has 2 aliphatic rings. The molecule has 216 valence electrons. The number of carbonyl (C=O) groups is 1. The van der Waals surface area contributed by atoms with Gasteiger partial charge in [-0.2, -0.15) is 5.26 Å². The molecule has 0 spiro atoms. The number of guanidine groups is 1. The first-order valence-electron chi connectivity index (χ1n) is 14.9. The zero-order chi connectivity index (χ0) is 27.5. The number of urea groups is 1. The second kappa shape index (κ2) is 18.4. The molecule has 0 radical (unpaired) electrons. The van der Waals surface area contributed by atoms with Crippen LogP contribution in [0.4, 0.5) is 10.5 Å². The maximum Gasteiger partial charge on any atom is 0.317 e. The molecule has 0 unspecified atom stereocenters. The zero-order valence-corrected chi connectivity index (χ0v) is 23.6. The van der Waals surface area contributed by atoms with Crippen molar-refractivity contribution < 1.29 is 9.53 Å². The first-order chi connectivity index (χ1) is 19.2. The van der Waals surface area contributed by atoms with E-state index < -0.39 is 0 Å². The van der Waals surface area contributed by atoms with Gasteiger partial charge in [0.1, 0.15) is 0 Å². The topological polar surface area (TPSA) is 123 Å². The van der Waals surface area contributed by atoms with E-state index in [1.165, 1.54) is 19.3 Å². The number of hydrogen-bond acceptors (Lipinski definition) is 6. The zero-order valence-electron chi connectivity index (χ0n) is 23.6. The fraction of sp³-hybridized carbons (Fsp3) is 0.724. The highest BCUT2D eigenvalue weighted by Gasteiger charge is 2.20. The molecule has 2 fully saturated rings. The number of nitriles is 1. The van der Waals surface area contributed by atoms with Crippen LogP contribution in [0.5, 0.6) is 0 Å². The van der Waals surface area contributed by atoms with Gasteiger partial charge in [0.2, 0.25) is 12.2 Å². The molecule has 1 aliphatic carbocycles. The van der Waals surface area contributed by atoms with E-state index in [1.807, 2.05) is 17.0 Å². The van der Waals surface area contributed by atoms with Gasteiger partial charge in [0.05, 0.1) is 13.2 Å². The number of hydrogen-bond donors (Lipinski definition) is 2. The van der Waals surface area contributed by atoms with Crippen molar-refractivity contribution in [3.05, 3.63) is 24.5 Å². The third-order valence-electron chi connectivity index (χ3n) is 7.70. The number of nitrogens with zero attached hydrogens (tertiary/aromatic N) is 6. The maximum absolute atomic E-state index is 13.1. The van der Waals surface area contributed by atoms with Crippen molar-refractivity contribution in [1.29, 1.82) is 5.26 Å². The minimum atomic E-state index is 0.122. The number of amides is 2. The van der Waals surface area contributed by atoms with Gasteiger partial charge in [0.25, 0.3) is 0 Å². The molecule has 3 rings (SSSR count). The van der Waals surface area contributed by atoms with Crippen LogP contribution in [-0.4, -0.2) is 85.3 Å². The highest BCUT2D eigenvalue weighted by atomic mass is 16.5. The van der Waals surface area contributed by atoms with Crippen LogP contribution in [0.25, 0.3) is 0 Å². The summed E-state index contributed by atoms with van der Waals surface area (Å²) in [4.78, 5) is 27.2. The molecule has 1 saturated heterocycles. The molecule has 10 heteroatoms. The molecule has 0 bridgehead atoms. The third kappa shape index (κ3) is 11.8. The second-order valence-corrected chi connectivity index (χ2v) is 10.6. The summed E-state index contributed by atoms with van der Waals surface area (Å²) in [5.41, 5.74) is 6.91. The van der Waals surface area contributed by atoms with E-state index in [2.05, 4.69) is 25.1 Å². The number of morpholine rings is 1. The lowest BCUT2D eigenvalue weighted by molar-refractivity contribution is 0.0364. The first-order valence-corrected chi connectivity index (χ1v) is 14.9. The summed E-state index contributed by atoms with van der Waals surface area (Å²) in [6.45, 7) is 6.97. The van der Waals surface area contributed by atoms with Crippen molar-refractivity contribution in [2.45, 2.75) is 83.1 Å². The average Bonchev–Trinajstić information content (AvgIpc) is 2.97. The van der Waals surface area contributed by atoms with Crippen LogP contribution in [0.2, 0.25) is 0 Å². The van der Waals surface area contributed by atoms with Crippen molar-refractivity contribution in [1.82, 2.24) is 20.1 Å². The monoisotopic (exact) mass is 540 g/mol. The van der Waals surface area contributed by atoms with Crippen LogP contribution in [-0.2, 0) is 4.74 Å². The van der Waals surface area contributed by atoms with E-state index >= 15 is 0 Å².